The number of para-hydroxylation sites is 1. The van der Waals surface area contributed by atoms with Crippen LogP contribution in [0.25, 0.3) is 0 Å². The third-order valence-corrected chi connectivity index (χ3v) is 4.69. The van der Waals surface area contributed by atoms with Crippen LogP contribution < -0.4 is 16.0 Å². The number of allylic oxidation sites excluding steroid dienone is 2. The van der Waals surface area contributed by atoms with Gasteiger partial charge in [-0.05, 0) is 44.2 Å². The number of halogens is 3. The molecule has 4 nitrogen and oxygen atoms in total. The first-order valence-electron chi connectivity index (χ1n) is 9.30. The van der Waals surface area contributed by atoms with Crippen molar-refractivity contribution in [3.8, 4) is 0 Å². The Hall–Kier alpha value is -2.31. The Kier molecular flexibility index (Phi) is 7.45. The summed E-state index contributed by atoms with van der Waals surface area (Å²) in [6, 6.07) is 7.56. The summed E-state index contributed by atoms with van der Waals surface area (Å²) in [5.74, 6) is -0.0588. The molecule has 0 radical (unpaired) electrons. The molecule has 27 heavy (non-hydrogen) atoms. The molecule has 1 aliphatic rings. The standard InChI is InChI=1S/C20H26F3N3O/c1-14-8-2-4-10-16(14)26-18(27)12-6-7-13-25-17-11-5-3-9-15(17)19(24)20(21,22)23/h2,4,8,10H,3,5-7,9,11-13,24H2,1H3,(H,26,27)/p+1. The van der Waals surface area contributed by atoms with Crippen molar-refractivity contribution in [2.24, 2.45) is 5.73 Å². The molecule has 4 N–H and O–H groups in total. The SMILES string of the molecule is Cc1ccccc1NC(=O)CCCC[NH+]=C1CCCCC1=C(N)C(F)(F)F. The van der Waals surface area contributed by atoms with Gasteiger partial charge in [-0.25, -0.2) is 4.99 Å². The number of nitrogens with one attached hydrogen (secondary N) is 2. The minimum absolute atomic E-state index is 0.0588. The average Bonchev–Trinajstić information content (AvgIpc) is 2.62. The minimum Gasteiger partial charge on any atom is -0.394 e. The first kappa shape index (κ1) is 21.0. The van der Waals surface area contributed by atoms with Crippen molar-refractivity contribution in [1.29, 1.82) is 0 Å². The quantitative estimate of drug-likeness (QED) is 0.662. The maximum absolute atomic E-state index is 12.9. The highest BCUT2D eigenvalue weighted by Crippen LogP contribution is 2.29. The third-order valence-electron chi connectivity index (χ3n) is 4.69. The number of hydrogen-bond donors (Lipinski definition) is 3. The number of unbranched alkanes of at least 4 members (excludes halogenated alkanes) is 1. The van der Waals surface area contributed by atoms with Crippen molar-refractivity contribution in [3.05, 3.63) is 41.1 Å². The van der Waals surface area contributed by atoms with E-state index in [-0.39, 0.29) is 11.5 Å². The lowest BCUT2D eigenvalue weighted by Crippen LogP contribution is -2.74. The van der Waals surface area contributed by atoms with Gasteiger partial charge in [-0.1, -0.05) is 18.2 Å². The van der Waals surface area contributed by atoms with Gasteiger partial charge in [-0.2, -0.15) is 13.2 Å². The zero-order chi connectivity index (χ0) is 19.9. The molecule has 0 atom stereocenters. The van der Waals surface area contributed by atoms with Gasteiger partial charge in [0.1, 0.15) is 12.2 Å². The van der Waals surface area contributed by atoms with Crippen LogP contribution in [0.4, 0.5) is 18.9 Å². The molecule has 0 aliphatic heterocycles. The predicted octanol–water partition coefficient (Wildman–Crippen LogP) is 2.97. The minimum atomic E-state index is -4.49. The molecule has 148 valence electrons. The van der Waals surface area contributed by atoms with Gasteiger partial charge in [-0.15, -0.1) is 0 Å². The number of anilines is 1. The second kappa shape index (κ2) is 9.58. The van der Waals surface area contributed by atoms with Crippen molar-refractivity contribution >= 4 is 17.3 Å². The Morgan fingerprint density at radius 2 is 1.89 bits per heavy atom. The Morgan fingerprint density at radius 3 is 2.59 bits per heavy atom. The molecule has 0 unspecified atom stereocenters. The normalized spacial score (nSPS) is 18.4. The highest BCUT2D eigenvalue weighted by molar-refractivity contribution is 5.97. The van der Waals surface area contributed by atoms with Gasteiger partial charge in [-0.3, -0.25) is 4.79 Å². The van der Waals surface area contributed by atoms with Gasteiger partial charge < -0.3 is 11.1 Å². The monoisotopic (exact) mass is 382 g/mol. The van der Waals surface area contributed by atoms with Crippen molar-refractivity contribution in [3.63, 3.8) is 0 Å². The van der Waals surface area contributed by atoms with E-state index in [1.807, 2.05) is 31.2 Å². The van der Waals surface area contributed by atoms with E-state index in [9.17, 15) is 18.0 Å². The molecule has 1 aromatic carbocycles. The van der Waals surface area contributed by atoms with E-state index in [0.717, 1.165) is 24.1 Å². The highest BCUT2D eigenvalue weighted by atomic mass is 19.4. The lowest BCUT2D eigenvalue weighted by atomic mass is 9.91. The van der Waals surface area contributed by atoms with E-state index in [0.29, 0.717) is 44.4 Å². The molecule has 1 aromatic rings. The summed E-state index contributed by atoms with van der Waals surface area (Å²) in [4.78, 5) is 15.1. The Balaban J connectivity index is 1.82. The Bertz CT molecular complexity index is 723. The second-order valence-corrected chi connectivity index (χ2v) is 6.82. The molecule has 7 heteroatoms. The number of amides is 1. The first-order chi connectivity index (χ1) is 12.8. The molecule has 1 fully saturated rings. The van der Waals surface area contributed by atoms with E-state index < -0.39 is 11.9 Å². The summed E-state index contributed by atoms with van der Waals surface area (Å²) < 4.78 is 38.6. The zero-order valence-electron chi connectivity index (χ0n) is 15.6. The number of rotatable bonds is 6. The lowest BCUT2D eigenvalue weighted by molar-refractivity contribution is -0.459. The van der Waals surface area contributed by atoms with E-state index >= 15 is 0 Å². The average molecular weight is 382 g/mol. The van der Waals surface area contributed by atoms with Crippen LogP contribution in [-0.4, -0.2) is 24.3 Å². The van der Waals surface area contributed by atoms with Crippen molar-refractivity contribution in [2.45, 2.75) is 58.0 Å². The fourth-order valence-electron chi connectivity index (χ4n) is 3.14. The zero-order valence-corrected chi connectivity index (χ0v) is 15.6. The fourth-order valence-corrected chi connectivity index (χ4v) is 3.14. The number of carbonyl (C=O) groups is 1. The molecule has 0 heterocycles. The highest BCUT2D eigenvalue weighted by Gasteiger charge is 2.37. The summed E-state index contributed by atoms with van der Waals surface area (Å²) in [6.07, 6.45) is -0.250. The summed E-state index contributed by atoms with van der Waals surface area (Å²) in [5.41, 5.74) is 6.93. The molecule has 0 bridgehead atoms. The maximum atomic E-state index is 12.9. The van der Waals surface area contributed by atoms with E-state index in [1.54, 1.807) is 0 Å². The topological polar surface area (TPSA) is 69.1 Å². The van der Waals surface area contributed by atoms with Crippen LogP contribution in [0.1, 0.15) is 50.5 Å². The Morgan fingerprint density at radius 1 is 1.19 bits per heavy atom. The summed E-state index contributed by atoms with van der Waals surface area (Å²) in [7, 11) is 0. The van der Waals surface area contributed by atoms with Crippen LogP contribution in [0.5, 0.6) is 0 Å². The molecular weight excluding hydrogens is 355 g/mol. The summed E-state index contributed by atoms with van der Waals surface area (Å²) in [6.45, 7) is 2.46. The first-order valence-corrected chi connectivity index (χ1v) is 9.30. The molecule has 2 rings (SSSR count). The number of aryl methyl sites for hydroxylation is 1. The van der Waals surface area contributed by atoms with Gasteiger partial charge in [0.15, 0.2) is 5.71 Å². The van der Waals surface area contributed by atoms with E-state index in [1.165, 1.54) is 0 Å². The van der Waals surface area contributed by atoms with Gasteiger partial charge in [0.2, 0.25) is 5.91 Å². The smallest absolute Gasteiger partial charge is 0.394 e. The Labute approximate surface area is 157 Å². The third kappa shape index (κ3) is 6.41. The van der Waals surface area contributed by atoms with Gasteiger partial charge in [0.05, 0.1) is 0 Å². The number of benzene rings is 1. The second-order valence-electron chi connectivity index (χ2n) is 6.82. The van der Waals surface area contributed by atoms with Crippen LogP contribution in [-0.2, 0) is 4.79 Å². The molecule has 1 amide bonds. The van der Waals surface area contributed by atoms with Crippen LogP contribution in [0.15, 0.2) is 35.5 Å². The van der Waals surface area contributed by atoms with E-state index in [4.69, 9.17) is 5.73 Å². The van der Waals surface area contributed by atoms with Crippen molar-refractivity contribution in [1.82, 2.24) is 0 Å². The predicted molar refractivity (Wildman–Crippen MR) is 100 cm³/mol. The molecule has 0 saturated heterocycles. The molecule has 1 aliphatic carbocycles. The molecule has 0 spiro atoms. The van der Waals surface area contributed by atoms with Gasteiger partial charge in [0, 0.05) is 30.5 Å². The summed E-state index contributed by atoms with van der Waals surface area (Å²) in [5, 5.41) is 2.88. The summed E-state index contributed by atoms with van der Waals surface area (Å²) >= 11 is 0. The van der Waals surface area contributed by atoms with Crippen LogP contribution in [0, 0.1) is 6.92 Å². The number of hydrogen-bond acceptors (Lipinski definition) is 2. The van der Waals surface area contributed by atoms with Gasteiger partial charge >= 0.3 is 6.18 Å². The number of carbonyl (C=O) groups excluding carboxylic acids is 1. The lowest BCUT2D eigenvalue weighted by Gasteiger charge is -2.17. The number of nitrogens with two attached hydrogens (primary N) is 1. The molecular formula is C20H27F3N3O+. The number of alkyl halides is 3. The van der Waals surface area contributed by atoms with Crippen LogP contribution in [0.3, 0.4) is 0 Å². The largest absolute Gasteiger partial charge is 0.431 e. The molecule has 0 aromatic heterocycles. The molecule has 1 saturated carbocycles. The maximum Gasteiger partial charge on any atom is 0.431 e. The van der Waals surface area contributed by atoms with Crippen LogP contribution >= 0.6 is 0 Å². The van der Waals surface area contributed by atoms with Crippen molar-refractivity contribution < 1.29 is 23.0 Å². The van der Waals surface area contributed by atoms with E-state index in [2.05, 4.69) is 10.3 Å². The van der Waals surface area contributed by atoms with Crippen LogP contribution in [0.2, 0.25) is 0 Å². The fraction of sp³-hybridized carbons (Fsp3) is 0.500. The van der Waals surface area contributed by atoms with Crippen molar-refractivity contribution in [2.75, 3.05) is 11.9 Å². The van der Waals surface area contributed by atoms with Gasteiger partial charge in [0.25, 0.3) is 0 Å².